The molecule has 1 aromatic heterocycles. The lowest BCUT2D eigenvalue weighted by Crippen LogP contribution is -2.44. The van der Waals surface area contributed by atoms with Crippen LogP contribution in [0.4, 0.5) is 14.9 Å². The highest BCUT2D eigenvalue weighted by Gasteiger charge is 2.30. The van der Waals surface area contributed by atoms with Gasteiger partial charge < -0.3 is 15.5 Å². The van der Waals surface area contributed by atoms with Gasteiger partial charge in [0, 0.05) is 26.0 Å². The summed E-state index contributed by atoms with van der Waals surface area (Å²) < 4.78 is 15.4. The molecular formula is C23H21FN6O4. The van der Waals surface area contributed by atoms with Gasteiger partial charge in [-0.1, -0.05) is 18.2 Å². The Balaban J connectivity index is 1.69. The SMILES string of the molecule is Cc1ccc(-n2ncc(=O)n(C)c2=O)cc1NC(=O)C1=CN(C)C(=O)NC1c1ccc(F)cc1. The van der Waals surface area contributed by atoms with Crippen LogP contribution in [0.15, 0.2) is 70.0 Å². The Morgan fingerprint density at radius 1 is 1.09 bits per heavy atom. The zero-order valence-electron chi connectivity index (χ0n) is 18.6. The number of aromatic nitrogens is 3. The third-order valence-electron chi connectivity index (χ3n) is 5.49. The summed E-state index contributed by atoms with van der Waals surface area (Å²) >= 11 is 0. The Bertz CT molecular complexity index is 1440. The van der Waals surface area contributed by atoms with Crippen LogP contribution in [-0.4, -0.2) is 38.2 Å². The molecule has 0 bridgehead atoms. The zero-order valence-corrected chi connectivity index (χ0v) is 18.6. The lowest BCUT2D eigenvalue weighted by Gasteiger charge is -2.30. The molecule has 0 aliphatic carbocycles. The molecular weight excluding hydrogens is 443 g/mol. The van der Waals surface area contributed by atoms with Crippen LogP contribution < -0.4 is 21.9 Å². The van der Waals surface area contributed by atoms with E-state index in [0.717, 1.165) is 15.4 Å². The average Bonchev–Trinajstić information content (AvgIpc) is 2.81. The van der Waals surface area contributed by atoms with Gasteiger partial charge in [0.15, 0.2) is 0 Å². The predicted molar refractivity (Wildman–Crippen MR) is 122 cm³/mol. The van der Waals surface area contributed by atoms with Gasteiger partial charge >= 0.3 is 11.7 Å². The zero-order chi connectivity index (χ0) is 24.6. The van der Waals surface area contributed by atoms with Crippen LogP contribution in [0.3, 0.4) is 0 Å². The van der Waals surface area contributed by atoms with Crippen molar-refractivity contribution in [1.29, 1.82) is 0 Å². The van der Waals surface area contributed by atoms with Gasteiger partial charge in [0.05, 0.1) is 17.3 Å². The summed E-state index contributed by atoms with van der Waals surface area (Å²) in [5, 5.41) is 9.44. The number of anilines is 1. The van der Waals surface area contributed by atoms with Crippen LogP contribution in [0.25, 0.3) is 5.69 Å². The number of nitrogens with zero attached hydrogens (tertiary/aromatic N) is 4. The number of aryl methyl sites for hydroxylation is 1. The first-order valence-electron chi connectivity index (χ1n) is 10.2. The number of carbonyl (C=O) groups excluding carboxylic acids is 2. The van der Waals surface area contributed by atoms with E-state index >= 15 is 0 Å². The molecule has 3 aromatic rings. The average molecular weight is 464 g/mol. The fourth-order valence-electron chi connectivity index (χ4n) is 3.48. The van der Waals surface area contributed by atoms with Gasteiger partial charge in [0.2, 0.25) is 0 Å². The number of hydrogen-bond acceptors (Lipinski definition) is 5. The van der Waals surface area contributed by atoms with Crippen LogP contribution in [-0.2, 0) is 11.8 Å². The second kappa shape index (κ2) is 8.77. The van der Waals surface area contributed by atoms with E-state index < -0.39 is 35.0 Å². The number of urea groups is 1. The Morgan fingerprint density at radius 2 is 1.79 bits per heavy atom. The van der Waals surface area contributed by atoms with Crippen molar-refractivity contribution in [2.45, 2.75) is 13.0 Å². The van der Waals surface area contributed by atoms with Crippen molar-refractivity contribution in [3.63, 3.8) is 0 Å². The van der Waals surface area contributed by atoms with E-state index in [9.17, 15) is 23.6 Å². The van der Waals surface area contributed by atoms with E-state index in [0.29, 0.717) is 22.5 Å². The monoisotopic (exact) mass is 464 g/mol. The van der Waals surface area contributed by atoms with Gasteiger partial charge in [0.25, 0.3) is 11.5 Å². The summed E-state index contributed by atoms with van der Waals surface area (Å²) in [4.78, 5) is 50.8. The number of carbonyl (C=O) groups is 2. The molecule has 4 rings (SSSR count). The van der Waals surface area contributed by atoms with Crippen LogP contribution in [0.1, 0.15) is 17.2 Å². The molecule has 174 valence electrons. The molecule has 11 heteroatoms. The van der Waals surface area contributed by atoms with Gasteiger partial charge in [-0.05, 0) is 42.3 Å². The van der Waals surface area contributed by atoms with Crippen LogP contribution in [0, 0.1) is 12.7 Å². The Hall–Kier alpha value is -4.54. The number of amides is 3. The summed E-state index contributed by atoms with van der Waals surface area (Å²) in [6, 6.07) is 9.19. The smallest absolute Gasteiger partial charge is 0.327 e. The van der Waals surface area contributed by atoms with Crippen LogP contribution in [0.2, 0.25) is 0 Å². The first-order chi connectivity index (χ1) is 16.2. The number of nitrogens with one attached hydrogen (secondary N) is 2. The van der Waals surface area contributed by atoms with E-state index in [1.165, 1.54) is 49.5 Å². The van der Waals surface area contributed by atoms with Crippen molar-refractivity contribution in [2.24, 2.45) is 7.05 Å². The summed E-state index contributed by atoms with van der Waals surface area (Å²) in [5.41, 5.74) is 1.06. The summed E-state index contributed by atoms with van der Waals surface area (Å²) in [6.07, 6.45) is 2.44. The Kier molecular flexibility index (Phi) is 5.84. The molecule has 2 aromatic carbocycles. The second-order valence-corrected chi connectivity index (χ2v) is 7.82. The fraction of sp³-hybridized carbons (Fsp3) is 0.174. The number of rotatable bonds is 4. The highest BCUT2D eigenvalue weighted by Crippen LogP contribution is 2.28. The van der Waals surface area contributed by atoms with Crippen molar-refractivity contribution in [3.8, 4) is 5.69 Å². The van der Waals surface area contributed by atoms with Crippen molar-refractivity contribution in [2.75, 3.05) is 12.4 Å². The molecule has 34 heavy (non-hydrogen) atoms. The van der Waals surface area contributed by atoms with E-state index in [1.807, 2.05) is 0 Å². The largest absolute Gasteiger partial charge is 0.351 e. The topological polar surface area (TPSA) is 118 Å². The third kappa shape index (κ3) is 4.22. The van der Waals surface area contributed by atoms with Crippen molar-refractivity contribution in [1.82, 2.24) is 24.6 Å². The molecule has 10 nitrogen and oxygen atoms in total. The highest BCUT2D eigenvalue weighted by atomic mass is 19.1. The molecule has 0 spiro atoms. The van der Waals surface area contributed by atoms with Crippen molar-refractivity contribution in [3.05, 3.63) is 98.2 Å². The van der Waals surface area contributed by atoms with E-state index in [-0.39, 0.29) is 5.57 Å². The van der Waals surface area contributed by atoms with E-state index in [4.69, 9.17) is 0 Å². The molecule has 0 saturated heterocycles. The lowest BCUT2D eigenvalue weighted by atomic mass is 9.97. The van der Waals surface area contributed by atoms with Gasteiger partial charge in [-0.25, -0.2) is 14.0 Å². The van der Waals surface area contributed by atoms with E-state index in [2.05, 4.69) is 15.7 Å². The van der Waals surface area contributed by atoms with Crippen LogP contribution in [0.5, 0.6) is 0 Å². The minimum absolute atomic E-state index is 0.232. The molecule has 0 fully saturated rings. The number of benzene rings is 2. The second-order valence-electron chi connectivity index (χ2n) is 7.82. The number of hydrogen-bond donors (Lipinski definition) is 2. The molecule has 0 saturated carbocycles. The van der Waals surface area contributed by atoms with E-state index in [1.54, 1.807) is 25.1 Å². The maximum atomic E-state index is 13.4. The minimum atomic E-state index is -0.791. The molecule has 1 atom stereocenters. The third-order valence-corrected chi connectivity index (χ3v) is 5.49. The van der Waals surface area contributed by atoms with Gasteiger partial charge in [-0.15, -0.1) is 0 Å². The molecule has 2 heterocycles. The lowest BCUT2D eigenvalue weighted by molar-refractivity contribution is -0.113. The molecule has 1 aliphatic rings. The quantitative estimate of drug-likeness (QED) is 0.608. The first-order valence-corrected chi connectivity index (χ1v) is 10.2. The Labute approximate surface area is 192 Å². The molecule has 3 amide bonds. The molecule has 1 aliphatic heterocycles. The Morgan fingerprint density at radius 3 is 2.50 bits per heavy atom. The predicted octanol–water partition coefficient (Wildman–Crippen LogP) is 1.60. The molecule has 1 unspecified atom stereocenters. The molecule has 2 N–H and O–H groups in total. The standard InChI is InChI=1S/C23H21FN6O4/c1-13-4-9-16(30-23(34)29(3)19(31)11-25-30)10-18(13)26-21(32)17-12-28(2)22(33)27-20(17)14-5-7-15(24)8-6-14/h4-12,20H,1-3H3,(H,26,32)(H,27,33). The fourth-order valence-corrected chi connectivity index (χ4v) is 3.48. The van der Waals surface area contributed by atoms with Crippen molar-refractivity contribution >= 4 is 17.6 Å². The normalized spacial score (nSPS) is 15.5. The summed E-state index contributed by atoms with van der Waals surface area (Å²) in [7, 11) is 2.85. The maximum Gasteiger partial charge on any atom is 0.351 e. The highest BCUT2D eigenvalue weighted by molar-refractivity contribution is 6.06. The van der Waals surface area contributed by atoms with Gasteiger partial charge in [-0.3, -0.25) is 14.2 Å². The maximum absolute atomic E-state index is 13.4. The van der Waals surface area contributed by atoms with Gasteiger partial charge in [-0.2, -0.15) is 9.78 Å². The minimum Gasteiger partial charge on any atom is -0.327 e. The summed E-state index contributed by atoms with van der Waals surface area (Å²) in [5.74, 6) is -0.935. The first kappa shape index (κ1) is 22.6. The summed E-state index contributed by atoms with van der Waals surface area (Å²) in [6.45, 7) is 1.77. The number of halogens is 1. The molecule has 0 radical (unpaired) electrons. The van der Waals surface area contributed by atoms with Crippen LogP contribution >= 0.6 is 0 Å². The van der Waals surface area contributed by atoms with Crippen molar-refractivity contribution < 1.29 is 14.0 Å². The van der Waals surface area contributed by atoms with Gasteiger partial charge in [0.1, 0.15) is 12.0 Å².